The lowest BCUT2D eigenvalue weighted by Crippen LogP contribution is -2.51. The smallest absolute Gasteiger partial charge is 0.336 e. The Labute approximate surface area is 169 Å². The van der Waals surface area contributed by atoms with Crippen LogP contribution in [-0.2, 0) is 24.3 Å². The molecule has 1 amide bonds. The first-order valence-electron chi connectivity index (χ1n) is 8.86. The first-order chi connectivity index (χ1) is 13.7. The summed E-state index contributed by atoms with van der Waals surface area (Å²) in [5.41, 5.74) is -0.145. The summed E-state index contributed by atoms with van der Waals surface area (Å²) in [6.45, 7) is 3.48. The zero-order valence-electron chi connectivity index (χ0n) is 16.0. The second-order valence-electron chi connectivity index (χ2n) is 6.60. The summed E-state index contributed by atoms with van der Waals surface area (Å²) in [7, 11) is -3.82. The molecule has 2 aromatic rings. The second kappa shape index (κ2) is 7.69. The van der Waals surface area contributed by atoms with Crippen molar-refractivity contribution >= 4 is 33.3 Å². The van der Waals surface area contributed by atoms with Crippen LogP contribution in [0.4, 0.5) is 11.4 Å². The lowest BCUT2D eigenvalue weighted by Gasteiger charge is -2.32. The molecule has 9 heteroatoms. The average Bonchev–Trinajstić information content (AvgIpc) is 2.93. The molecule has 0 saturated heterocycles. The third kappa shape index (κ3) is 4.01. The Balaban J connectivity index is 1.96. The molecule has 0 radical (unpaired) electrons. The number of rotatable bonds is 6. The van der Waals surface area contributed by atoms with Gasteiger partial charge in [-0.3, -0.25) is 9.69 Å². The molecule has 3 rings (SSSR count). The Kier molecular flexibility index (Phi) is 5.45. The van der Waals surface area contributed by atoms with E-state index in [4.69, 9.17) is 9.88 Å². The van der Waals surface area contributed by atoms with E-state index in [2.05, 4.69) is 5.32 Å². The molecule has 3 N–H and O–H groups in total. The van der Waals surface area contributed by atoms with E-state index in [0.29, 0.717) is 11.4 Å². The molecule has 152 valence electrons. The number of ether oxygens (including phenoxy) is 1. The van der Waals surface area contributed by atoms with Crippen molar-refractivity contribution in [2.24, 2.45) is 5.14 Å². The van der Waals surface area contributed by atoms with Gasteiger partial charge in [-0.25, -0.2) is 18.4 Å². The summed E-state index contributed by atoms with van der Waals surface area (Å²) < 4.78 is 28.0. The van der Waals surface area contributed by atoms with Crippen LogP contribution >= 0.6 is 0 Å². The van der Waals surface area contributed by atoms with Gasteiger partial charge in [0.15, 0.2) is 5.54 Å². The summed E-state index contributed by atoms with van der Waals surface area (Å²) in [4.78, 5) is 27.1. The van der Waals surface area contributed by atoms with Crippen LogP contribution in [0.3, 0.4) is 0 Å². The van der Waals surface area contributed by atoms with Gasteiger partial charge < -0.3 is 10.1 Å². The topological polar surface area (TPSA) is 119 Å². The van der Waals surface area contributed by atoms with Gasteiger partial charge in [0.1, 0.15) is 5.70 Å². The summed E-state index contributed by atoms with van der Waals surface area (Å²) in [5, 5.41) is 8.05. The molecule has 0 aromatic heterocycles. The van der Waals surface area contributed by atoms with Gasteiger partial charge in [-0.05, 0) is 56.3 Å². The van der Waals surface area contributed by atoms with Crippen molar-refractivity contribution in [3.8, 4) is 0 Å². The highest BCUT2D eigenvalue weighted by Gasteiger charge is 2.49. The van der Waals surface area contributed by atoms with Crippen LogP contribution in [0, 0.1) is 0 Å². The Morgan fingerprint density at radius 2 is 1.76 bits per heavy atom. The quantitative estimate of drug-likeness (QED) is 0.697. The highest BCUT2D eigenvalue weighted by atomic mass is 32.2. The minimum Gasteiger partial charge on any atom is -0.464 e. The maximum absolute atomic E-state index is 13.1. The normalized spacial score (nSPS) is 19.1. The highest BCUT2D eigenvalue weighted by molar-refractivity contribution is 7.89. The van der Waals surface area contributed by atoms with Crippen molar-refractivity contribution < 1.29 is 22.7 Å². The molecule has 1 aliphatic heterocycles. The average molecular weight is 415 g/mol. The number of carbonyl (C=O) groups excluding carboxylic acids is 2. The van der Waals surface area contributed by atoms with Crippen LogP contribution in [0.15, 0.2) is 71.3 Å². The maximum Gasteiger partial charge on any atom is 0.336 e. The monoisotopic (exact) mass is 415 g/mol. The van der Waals surface area contributed by atoms with Gasteiger partial charge in [0.2, 0.25) is 10.0 Å². The third-order valence-electron chi connectivity index (χ3n) is 4.49. The first-order valence-corrected chi connectivity index (χ1v) is 10.4. The largest absolute Gasteiger partial charge is 0.464 e. The lowest BCUT2D eigenvalue weighted by atomic mass is 10.0. The van der Waals surface area contributed by atoms with Crippen molar-refractivity contribution in [3.05, 3.63) is 66.4 Å². The Bertz CT molecular complexity index is 1070. The zero-order chi connectivity index (χ0) is 21.2. The van der Waals surface area contributed by atoms with Crippen molar-refractivity contribution in [1.82, 2.24) is 0 Å². The minimum atomic E-state index is -3.82. The number of anilines is 2. The molecule has 0 unspecified atom stereocenters. The van der Waals surface area contributed by atoms with Gasteiger partial charge in [-0.2, -0.15) is 0 Å². The molecule has 29 heavy (non-hydrogen) atoms. The number of para-hydroxylation sites is 1. The molecule has 2 aromatic carbocycles. The molecule has 1 heterocycles. The van der Waals surface area contributed by atoms with Crippen LogP contribution in [0.25, 0.3) is 0 Å². The fraction of sp³-hybridized carbons (Fsp3) is 0.200. The summed E-state index contributed by atoms with van der Waals surface area (Å²) in [6, 6.07) is 14.4. The Morgan fingerprint density at radius 1 is 1.14 bits per heavy atom. The van der Waals surface area contributed by atoms with E-state index < -0.39 is 27.4 Å². The number of benzene rings is 2. The van der Waals surface area contributed by atoms with Gasteiger partial charge >= 0.3 is 5.97 Å². The molecule has 0 spiro atoms. The van der Waals surface area contributed by atoms with Crippen molar-refractivity contribution in [1.29, 1.82) is 0 Å². The van der Waals surface area contributed by atoms with E-state index in [9.17, 15) is 18.0 Å². The molecule has 0 bridgehead atoms. The Hall–Kier alpha value is -3.17. The third-order valence-corrected chi connectivity index (χ3v) is 5.42. The van der Waals surface area contributed by atoms with Gasteiger partial charge in [-0.15, -0.1) is 0 Å². The van der Waals surface area contributed by atoms with Crippen LogP contribution < -0.4 is 15.4 Å². The number of sulfonamides is 1. The maximum atomic E-state index is 13.1. The molecule has 0 aliphatic carbocycles. The SMILES string of the molecule is CCOC(=O)[C@]1(C)C=C(Nc2ccc(S(N)(=O)=O)cc2)C(=O)N1c1ccccc1. The van der Waals surface area contributed by atoms with E-state index in [-0.39, 0.29) is 17.2 Å². The van der Waals surface area contributed by atoms with Gasteiger partial charge in [0.25, 0.3) is 5.91 Å². The van der Waals surface area contributed by atoms with Crippen LogP contribution in [0.5, 0.6) is 0 Å². The Morgan fingerprint density at radius 3 is 2.31 bits per heavy atom. The minimum absolute atomic E-state index is 0.0444. The summed E-state index contributed by atoms with van der Waals surface area (Å²) in [6.07, 6.45) is 1.51. The van der Waals surface area contributed by atoms with Crippen LogP contribution in [0.2, 0.25) is 0 Å². The number of primary sulfonamides is 1. The lowest BCUT2D eigenvalue weighted by molar-refractivity contribution is -0.147. The number of esters is 1. The fourth-order valence-electron chi connectivity index (χ4n) is 3.10. The summed E-state index contributed by atoms with van der Waals surface area (Å²) in [5.74, 6) is -0.971. The molecule has 0 fully saturated rings. The molecule has 8 nitrogen and oxygen atoms in total. The molecule has 1 atom stereocenters. The van der Waals surface area contributed by atoms with Crippen LogP contribution in [0.1, 0.15) is 13.8 Å². The standard InChI is InChI=1S/C20H21N3O5S/c1-3-28-19(25)20(2)13-17(18(24)23(20)15-7-5-4-6-8-15)22-14-9-11-16(12-10-14)29(21,26)27/h4-13,22H,3H2,1-2H3,(H2,21,26,27)/t20-/m0/s1. The number of hydrogen-bond donors (Lipinski definition) is 2. The predicted molar refractivity (Wildman–Crippen MR) is 108 cm³/mol. The molecule has 1 aliphatic rings. The number of nitrogens with two attached hydrogens (primary N) is 1. The number of carbonyl (C=O) groups is 2. The molecular weight excluding hydrogens is 394 g/mol. The van der Waals surface area contributed by atoms with E-state index in [1.165, 1.54) is 35.2 Å². The summed E-state index contributed by atoms with van der Waals surface area (Å²) >= 11 is 0. The van der Waals surface area contributed by atoms with E-state index in [1.807, 2.05) is 6.07 Å². The number of nitrogens with zero attached hydrogens (tertiary/aromatic N) is 1. The van der Waals surface area contributed by atoms with Gasteiger partial charge in [-0.1, -0.05) is 18.2 Å². The number of hydrogen-bond acceptors (Lipinski definition) is 6. The van der Waals surface area contributed by atoms with Crippen molar-refractivity contribution in [3.63, 3.8) is 0 Å². The van der Waals surface area contributed by atoms with E-state index in [0.717, 1.165) is 0 Å². The zero-order valence-corrected chi connectivity index (χ0v) is 16.8. The van der Waals surface area contributed by atoms with Crippen molar-refractivity contribution in [2.75, 3.05) is 16.8 Å². The van der Waals surface area contributed by atoms with Gasteiger partial charge in [0, 0.05) is 11.4 Å². The predicted octanol–water partition coefficient (Wildman–Crippen LogP) is 2.00. The van der Waals surface area contributed by atoms with E-state index >= 15 is 0 Å². The number of amides is 1. The first kappa shape index (κ1) is 20.6. The fourth-order valence-corrected chi connectivity index (χ4v) is 3.62. The highest BCUT2D eigenvalue weighted by Crippen LogP contribution is 2.35. The number of nitrogens with one attached hydrogen (secondary N) is 1. The van der Waals surface area contributed by atoms with Gasteiger partial charge in [0.05, 0.1) is 11.5 Å². The van der Waals surface area contributed by atoms with E-state index in [1.54, 1.807) is 38.1 Å². The van der Waals surface area contributed by atoms with Crippen LogP contribution in [-0.4, -0.2) is 32.4 Å². The molecular formula is C20H21N3O5S. The molecule has 0 saturated carbocycles. The van der Waals surface area contributed by atoms with Crippen molar-refractivity contribution in [2.45, 2.75) is 24.3 Å². The second-order valence-corrected chi connectivity index (χ2v) is 8.16.